The third-order valence-electron chi connectivity index (χ3n) is 3.22. The number of anilines is 2. The zero-order valence-electron chi connectivity index (χ0n) is 14.8. The Kier molecular flexibility index (Phi) is 8.09. The Morgan fingerprint density at radius 2 is 1.86 bits per heavy atom. The minimum atomic E-state index is -4.53. The van der Waals surface area contributed by atoms with Crippen molar-refractivity contribution in [2.45, 2.75) is 9.24 Å². The van der Waals surface area contributed by atoms with Crippen LogP contribution in [0.25, 0.3) is 10.2 Å². The van der Waals surface area contributed by atoms with E-state index in [4.69, 9.17) is 4.84 Å². The molecule has 3 rings (SSSR count). The third-order valence-corrected chi connectivity index (χ3v) is 5.92. The van der Waals surface area contributed by atoms with Gasteiger partial charge in [-0.25, -0.2) is 13.4 Å². The van der Waals surface area contributed by atoms with Crippen LogP contribution in [0.2, 0.25) is 0 Å². The van der Waals surface area contributed by atoms with Gasteiger partial charge in [-0.3, -0.25) is 26.0 Å². The minimum Gasteiger partial charge on any atom is -0.744 e. The summed E-state index contributed by atoms with van der Waals surface area (Å²) < 4.78 is 34.2. The van der Waals surface area contributed by atoms with Crippen molar-refractivity contribution >= 4 is 60.0 Å². The molecule has 0 bridgehead atoms. The van der Waals surface area contributed by atoms with E-state index in [0.717, 1.165) is 28.8 Å². The molecule has 0 radical (unpaired) electrons. The molecular formula is C15H13N4NaO5S3. The van der Waals surface area contributed by atoms with Crippen molar-refractivity contribution in [1.82, 2.24) is 10.4 Å². The van der Waals surface area contributed by atoms with Crippen LogP contribution in [0.15, 0.2) is 51.7 Å². The van der Waals surface area contributed by atoms with Crippen LogP contribution in [-0.2, 0) is 15.0 Å². The number of thiazole rings is 1. The molecule has 0 aliphatic carbocycles. The first kappa shape index (κ1) is 22.9. The quantitative estimate of drug-likeness (QED) is 0.206. The Bertz CT molecular complexity index is 1070. The average molecular weight is 448 g/mol. The normalized spacial score (nSPS) is 10.9. The fourth-order valence-corrected chi connectivity index (χ4v) is 4.43. The molecule has 0 unspecified atom stereocenters. The van der Waals surface area contributed by atoms with Crippen molar-refractivity contribution in [3.8, 4) is 0 Å². The molecule has 9 nitrogen and oxygen atoms in total. The number of hydrazine groups is 1. The number of aromatic nitrogens is 1. The fourth-order valence-electron chi connectivity index (χ4n) is 2.05. The van der Waals surface area contributed by atoms with E-state index in [1.54, 1.807) is 24.3 Å². The first-order chi connectivity index (χ1) is 12.8. The number of carbonyl (C=O) groups is 1. The van der Waals surface area contributed by atoms with Crippen molar-refractivity contribution in [2.75, 3.05) is 18.0 Å². The van der Waals surface area contributed by atoms with Crippen LogP contribution in [-0.4, -0.2) is 30.3 Å². The maximum Gasteiger partial charge on any atom is 1.00 e. The SMILES string of the molecule is CONc1ccc(NNC(=O)Sc2nc3ccc(S(=O)(=O)[O-])cc3s2)cc1.[Na+]. The molecular weight excluding hydrogens is 435 g/mol. The molecule has 142 valence electrons. The Morgan fingerprint density at radius 3 is 2.50 bits per heavy atom. The molecule has 13 heteroatoms. The van der Waals surface area contributed by atoms with Crippen LogP contribution in [0.1, 0.15) is 0 Å². The Balaban J connectivity index is 0.00000280. The topological polar surface area (TPSA) is 132 Å². The van der Waals surface area contributed by atoms with Gasteiger partial charge >= 0.3 is 34.8 Å². The first-order valence-electron chi connectivity index (χ1n) is 7.34. The molecule has 0 aliphatic heterocycles. The minimum absolute atomic E-state index is 0. The van der Waals surface area contributed by atoms with E-state index in [-0.39, 0.29) is 34.5 Å². The second-order valence-electron chi connectivity index (χ2n) is 5.09. The number of amides is 1. The second-order valence-corrected chi connectivity index (χ2v) is 8.72. The van der Waals surface area contributed by atoms with Gasteiger partial charge in [-0.2, -0.15) is 0 Å². The van der Waals surface area contributed by atoms with Crippen LogP contribution in [0.4, 0.5) is 16.2 Å². The van der Waals surface area contributed by atoms with Crippen molar-refractivity contribution in [3.63, 3.8) is 0 Å². The molecule has 0 spiro atoms. The zero-order chi connectivity index (χ0) is 19.4. The summed E-state index contributed by atoms with van der Waals surface area (Å²) in [5.74, 6) is 0. The monoisotopic (exact) mass is 448 g/mol. The van der Waals surface area contributed by atoms with Crippen LogP contribution >= 0.6 is 23.1 Å². The van der Waals surface area contributed by atoms with Gasteiger partial charge in [0.05, 0.1) is 33.6 Å². The molecule has 1 amide bonds. The second kappa shape index (κ2) is 9.89. The van der Waals surface area contributed by atoms with Crippen molar-refractivity contribution < 1.29 is 52.2 Å². The molecule has 3 N–H and O–H groups in total. The predicted octanol–water partition coefficient (Wildman–Crippen LogP) is 0.00650. The summed E-state index contributed by atoms with van der Waals surface area (Å²) in [5, 5.41) is -0.398. The Labute approximate surface area is 191 Å². The van der Waals surface area contributed by atoms with E-state index < -0.39 is 15.4 Å². The third kappa shape index (κ3) is 6.06. The van der Waals surface area contributed by atoms with Gasteiger partial charge < -0.3 is 4.55 Å². The molecule has 0 aliphatic rings. The van der Waals surface area contributed by atoms with Crippen molar-refractivity contribution in [1.29, 1.82) is 0 Å². The number of nitrogens with zero attached hydrogens (tertiary/aromatic N) is 1. The standard InChI is InChI=1S/C15H14N4O5S3.Na/c1-24-19-10-4-2-9(3-5-10)17-18-14(20)26-15-16-12-7-6-11(27(21,22)23)8-13(12)25-15;/h2-8,17,19H,1H3,(H,18,20)(H,21,22,23);/q;+1/p-1. The summed E-state index contributed by atoms with van der Waals surface area (Å²) >= 11 is 1.97. The van der Waals surface area contributed by atoms with E-state index in [2.05, 4.69) is 21.3 Å². The smallest absolute Gasteiger partial charge is 0.744 e. The fraction of sp³-hybridized carbons (Fsp3) is 0.0667. The predicted molar refractivity (Wildman–Crippen MR) is 103 cm³/mol. The van der Waals surface area contributed by atoms with E-state index in [1.165, 1.54) is 25.3 Å². The number of benzene rings is 2. The van der Waals surface area contributed by atoms with Gasteiger partial charge in [0.25, 0.3) is 0 Å². The number of hydrogen-bond donors (Lipinski definition) is 3. The van der Waals surface area contributed by atoms with Crippen LogP contribution in [0, 0.1) is 0 Å². The number of rotatable bonds is 6. The molecule has 0 saturated heterocycles. The molecule has 0 atom stereocenters. The summed E-state index contributed by atoms with van der Waals surface area (Å²) in [5.41, 5.74) is 9.90. The maximum absolute atomic E-state index is 12.0. The summed E-state index contributed by atoms with van der Waals surface area (Å²) in [7, 11) is -3.03. The van der Waals surface area contributed by atoms with E-state index in [9.17, 15) is 17.8 Å². The van der Waals surface area contributed by atoms with Gasteiger partial charge in [0, 0.05) is 11.8 Å². The van der Waals surface area contributed by atoms with Crippen LogP contribution in [0.3, 0.4) is 0 Å². The van der Waals surface area contributed by atoms with E-state index in [0.29, 0.717) is 20.2 Å². The number of carbonyl (C=O) groups excluding carboxylic acids is 1. The largest absolute Gasteiger partial charge is 1.00 e. The molecule has 1 aromatic heterocycles. The van der Waals surface area contributed by atoms with Gasteiger partial charge in [-0.1, -0.05) is 0 Å². The first-order valence-corrected chi connectivity index (χ1v) is 10.4. The molecule has 3 aromatic rings. The summed E-state index contributed by atoms with van der Waals surface area (Å²) in [6.07, 6.45) is 0. The average Bonchev–Trinajstić information content (AvgIpc) is 3.02. The summed E-state index contributed by atoms with van der Waals surface area (Å²) in [6, 6.07) is 10.9. The molecule has 0 saturated carbocycles. The summed E-state index contributed by atoms with van der Waals surface area (Å²) in [6.45, 7) is 0. The zero-order valence-corrected chi connectivity index (χ0v) is 19.2. The van der Waals surface area contributed by atoms with Gasteiger partial charge in [-0.05, 0) is 42.5 Å². The van der Waals surface area contributed by atoms with Crippen LogP contribution < -0.4 is 45.9 Å². The van der Waals surface area contributed by atoms with Crippen molar-refractivity contribution in [2.24, 2.45) is 0 Å². The van der Waals surface area contributed by atoms with Crippen LogP contribution in [0.5, 0.6) is 0 Å². The van der Waals surface area contributed by atoms with E-state index in [1.807, 2.05) is 0 Å². The number of thioether (sulfide) groups is 1. The van der Waals surface area contributed by atoms with Gasteiger partial charge in [0.1, 0.15) is 10.1 Å². The maximum atomic E-state index is 12.0. The molecule has 2 aromatic carbocycles. The van der Waals surface area contributed by atoms with Gasteiger partial charge in [-0.15, -0.1) is 11.3 Å². The summed E-state index contributed by atoms with van der Waals surface area (Å²) in [4.78, 5) is 20.7. The number of nitrogens with one attached hydrogen (secondary N) is 3. The molecule has 0 fully saturated rings. The Hall–Kier alpha value is -1.38. The van der Waals surface area contributed by atoms with Gasteiger partial charge in [0.2, 0.25) is 0 Å². The van der Waals surface area contributed by atoms with E-state index >= 15 is 0 Å². The number of fused-ring (bicyclic) bond motifs is 1. The van der Waals surface area contributed by atoms with Gasteiger partial charge in [0.15, 0.2) is 4.34 Å². The molecule has 1 heterocycles. The Morgan fingerprint density at radius 1 is 1.18 bits per heavy atom. The molecule has 28 heavy (non-hydrogen) atoms. The van der Waals surface area contributed by atoms with Crippen molar-refractivity contribution in [3.05, 3.63) is 42.5 Å². The number of hydrogen-bond acceptors (Lipinski definition) is 10.